The number of halogens is 1. The maximum absolute atomic E-state index is 14.3. The van der Waals surface area contributed by atoms with E-state index in [-0.39, 0.29) is 53.3 Å². The smallest absolute Gasteiger partial charge is 0.409 e. The molecule has 2 N–H and O–H groups in total. The number of anilines is 1. The van der Waals surface area contributed by atoms with Crippen molar-refractivity contribution in [1.29, 1.82) is 0 Å². The van der Waals surface area contributed by atoms with E-state index < -0.39 is 65.7 Å². The summed E-state index contributed by atoms with van der Waals surface area (Å²) in [7, 11) is 9.18. The summed E-state index contributed by atoms with van der Waals surface area (Å²) in [5.41, 5.74) is -0.552. The van der Waals surface area contributed by atoms with Gasteiger partial charge in [-0.25, -0.2) is 14.3 Å². The zero-order chi connectivity index (χ0) is 52.7. The van der Waals surface area contributed by atoms with Crippen LogP contribution in [0.1, 0.15) is 78.5 Å². The van der Waals surface area contributed by atoms with Crippen LogP contribution in [0.4, 0.5) is 10.5 Å². The second kappa shape index (κ2) is 23.9. The number of rotatable bonds is 18. The number of carbonyl (C=O) groups excluding carboxylic acids is 6. The molecule has 6 rings (SSSR count). The maximum atomic E-state index is 14.3. The van der Waals surface area contributed by atoms with Crippen LogP contribution in [-0.4, -0.2) is 159 Å². The quantitative estimate of drug-likeness (QED) is 0.0643. The minimum Gasteiger partial charge on any atom is -0.495 e. The number of benzene rings is 1. The molecule has 394 valence electrons. The Morgan fingerprint density at radius 2 is 1.86 bits per heavy atom. The van der Waals surface area contributed by atoms with Crippen molar-refractivity contribution in [3.8, 4) is 5.75 Å². The first kappa shape index (κ1) is 56.3. The third kappa shape index (κ3) is 13.8. The highest BCUT2D eigenvalue weighted by molar-refractivity contribution is 8.77. The van der Waals surface area contributed by atoms with Crippen molar-refractivity contribution in [3.05, 3.63) is 70.6 Å². The molecule has 0 aliphatic carbocycles. The fourth-order valence-corrected chi connectivity index (χ4v) is 11.5. The summed E-state index contributed by atoms with van der Waals surface area (Å²) in [6.07, 6.45) is 5.67. The van der Waals surface area contributed by atoms with E-state index in [0.717, 1.165) is 22.5 Å². The number of allylic oxidation sites excluding steroid dienone is 3. The number of amides is 5. The molecule has 0 radical (unpaired) electrons. The Morgan fingerprint density at radius 3 is 2.56 bits per heavy atom. The van der Waals surface area contributed by atoms with Crippen molar-refractivity contribution in [3.63, 3.8) is 0 Å². The molecule has 5 amide bonds. The second-order valence-corrected chi connectivity index (χ2v) is 22.8. The molecule has 23 heteroatoms. The van der Waals surface area contributed by atoms with Crippen molar-refractivity contribution < 1.29 is 62.3 Å². The average Bonchev–Trinajstić information content (AvgIpc) is 3.65. The number of alkyl carbamates (subject to hydrolysis) is 1. The molecule has 5 heterocycles. The number of methoxy groups -OCH3 is 2. The second-order valence-electron chi connectivity index (χ2n) is 19.3. The van der Waals surface area contributed by atoms with Gasteiger partial charge in [-0.15, -0.1) is 5.10 Å². The molecule has 72 heavy (non-hydrogen) atoms. The summed E-state index contributed by atoms with van der Waals surface area (Å²) in [6.45, 7) is 12.5. The minimum atomic E-state index is -1.86. The summed E-state index contributed by atoms with van der Waals surface area (Å²) in [6, 6.07) is 2.53. The SMILES string of the molecule is COc1cc2cc(c1Cl)N(C)C(=O)C[C@H](OC(=O)[C@H](C)N(C)C(=O)CCSSC(C)(C)CCOCCn1cc(CN3C(=O)C=CC3=O)nn1)[C@]1(C)O[C@H]1[C@H](C)[C@@H]1C[C@@](O)(NC(=O)O1)[C@H](OC)/C=C/C=C(\C)C2. The van der Waals surface area contributed by atoms with E-state index in [1.165, 1.54) is 54.0 Å². The number of aromatic nitrogens is 3. The van der Waals surface area contributed by atoms with Gasteiger partial charge in [0.25, 0.3) is 11.8 Å². The van der Waals surface area contributed by atoms with Crippen LogP contribution in [0.2, 0.25) is 5.02 Å². The topological polar surface area (TPSA) is 234 Å². The average molecular weight is 1060 g/mol. The molecule has 8 atom stereocenters. The van der Waals surface area contributed by atoms with Gasteiger partial charge in [0.2, 0.25) is 11.8 Å². The highest BCUT2D eigenvalue weighted by Crippen LogP contribution is 2.49. The van der Waals surface area contributed by atoms with Crippen LogP contribution in [0.15, 0.2) is 54.3 Å². The van der Waals surface area contributed by atoms with Crippen LogP contribution in [0.3, 0.4) is 0 Å². The van der Waals surface area contributed by atoms with E-state index in [1.807, 2.05) is 13.0 Å². The van der Waals surface area contributed by atoms with Crippen molar-refractivity contribution in [2.45, 2.75) is 133 Å². The first-order valence-corrected chi connectivity index (χ1v) is 26.3. The summed E-state index contributed by atoms with van der Waals surface area (Å²) in [5.74, 6) is -2.00. The number of nitrogens with one attached hydrogen (secondary N) is 1. The molecule has 2 aromatic rings. The largest absolute Gasteiger partial charge is 0.495 e. The number of epoxide rings is 1. The van der Waals surface area contributed by atoms with Gasteiger partial charge in [0, 0.05) is 69.2 Å². The Bertz CT molecular complexity index is 2430. The Balaban J connectivity index is 1.06. The summed E-state index contributed by atoms with van der Waals surface area (Å²) in [5, 5.41) is 22.7. The molecule has 0 saturated carbocycles. The van der Waals surface area contributed by atoms with Crippen molar-refractivity contribution in [2.75, 3.05) is 52.2 Å². The fourth-order valence-electron chi connectivity index (χ4n) is 8.61. The highest BCUT2D eigenvalue weighted by Gasteiger charge is 2.64. The van der Waals surface area contributed by atoms with Crippen LogP contribution in [0.25, 0.3) is 0 Å². The summed E-state index contributed by atoms with van der Waals surface area (Å²) in [4.78, 5) is 82.4. The van der Waals surface area contributed by atoms with Gasteiger partial charge in [-0.3, -0.25) is 29.4 Å². The Labute approximate surface area is 432 Å². The van der Waals surface area contributed by atoms with Crippen LogP contribution in [-0.2, 0) is 67.2 Å². The lowest BCUT2D eigenvalue weighted by molar-refractivity contribution is -0.162. The van der Waals surface area contributed by atoms with Gasteiger partial charge in [-0.2, -0.15) is 0 Å². The predicted octanol–water partition coefficient (Wildman–Crippen LogP) is 5.19. The third-order valence-corrected chi connectivity index (χ3v) is 17.1. The Kier molecular flexibility index (Phi) is 18.7. The number of esters is 1. The molecular weight excluding hydrogens is 994 g/mol. The normalized spacial score (nSPS) is 27.3. The molecule has 1 aromatic carbocycles. The third-order valence-electron chi connectivity index (χ3n) is 13.3. The number of fused-ring (bicyclic) bond motifs is 5. The van der Waals surface area contributed by atoms with Gasteiger partial charge in [0.1, 0.15) is 46.4 Å². The van der Waals surface area contributed by atoms with E-state index >= 15 is 0 Å². The predicted molar refractivity (Wildman–Crippen MR) is 270 cm³/mol. The molecule has 20 nitrogen and oxygen atoms in total. The van der Waals surface area contributed by atoms with Crippen molar-refractivity contribution in [1.82, 2.24) is 30.1 Å². The van der Waals surface area contributed by atoms with Gasteiger partial charge in [0.05, 0.1) is 51.2 Å². The number of aliphatic hydroxyl groups is 1. The number of imide groups is 1. The number of carbonyl (C=O) groups is 6. The van der Waals surface area contributed by atoms with Gasteiger partial charge in [-0.05, 0) is 65.2 Å². The number of hydrogen-bond donors (Lipinski definition) is 2. The van der Waals surface area contributed by atoms with E-state index in [9.17, 15) is 33.9 Å². The lowest BCUT2D eigenvalue weighted by atomic mass is 9.83. The van der Waals surface area contributed by atoms with E-state index in [1.54, 1.807) is 73.8 Å². The lowest BCUT2D eigenvalue weighted by Gasteiger charge is -2.42. The monoisotopic (exact) mass is 1060 g/mol. The van der Waals surface area contributed by atoms with Gasteiger partial charge in [-0.1, -0.05) is 69.1 Å². The Morgan fingerprint density at radius 1 is 1.14 bits per heavy atom. The molecular formula is C49H66ClN7O13S2. The number of ether oxygens (including phenoxy) is 6. The number of nitrogens with zero attached hydrogens (tertiary/aromatic N) is 6. The molecule has 1 aromatic heterocycles. The van der Waals surface area contributed by atoms with Crippen LogP contribution < -0.4 is 15.0 Å². The first-order chi connectivity index (χ1) is 34.0. The van der Waals surface area contributed by atoms with Gasteiger partial charge < -0.3 is 43.3 Å². The molecule has 4 aliphatic heterocycles. The van der Waals surface area contributed by atoms with Gasteiger partial charge >= 0.3 is 12.1 Å². The van der Waals surface area contributed by atoms with Crippen molar-refractivity contribution >= 4 is 74.6 Å². The standard InChI is InChI=1S/C49H66ClN7O13S2/c1-29-12-11-13-37(66-10)49(64)26-36(68-46(63)51-49)30(2)44-48(6,70-44)38(25-42(61)55(8)34-23-32(22-29)24-35(65-9)43(34)50)69-45(62)31(3)54(7)39(58)16-21-71-72-47(4,5)17-19-67-20-18-56-27-33(52-53-56)28-57-40(59)14-15-41(57)60/h11-15,23-24,27,30-31,36-38,44,64H,16-22,25-26,28H2,1-10H3,(H,51,63)/b13-11+,29-12+/t30-,31+,36+,37-,38+,44+,48+,49+/m1/s1. The minimum absolute atomic E-state index is 0.0491. The molecule has 2 saturated heterocycles. The molecule has 2 fully saturated rings. The fraction of sp³-hybridized carbons (Fsp3) is 0.592. The van der Waals surface area contributed by atoms with Gasteiger partial charge in [0.15, 0.2) is 5.72 Å². The summed E-state index contributed by atoms with van der Waals surface area (Å²) >= 11 is 6.82. The van der Waals surface area contributed by atoms with Crippen LogP contribution in [0.5, 0.6) is 5.75 Å². The first-order valence-electron chi connectivity index (χ1n) is 23.6. The molecule has 0 spiro atoms. The van der Waals surface area contributed by atoms with E-state index in [2.05, 4.69) is 29.5 Å². The molecule has 4 bridgehead atoms. The molecule has 4 aliphatic rings. The lowest BCUT2D eigenvalue weighted by Crippen LogP contribution is -2.63. The van der Waals surface area contributed by atoms with Crippen LogP contribution >= 0.6 is 33.2 Å². The van der Waals surface area contributed by atoms with E-state index in [0.29, 0.717) is 49.1 Å². The van der Waals surface area contributed by atoms with Crippen molar-refractivity contribution in [2.24, 2.45) is 5.92 Å². The number of likely N-dealkylation sites (N-methyl/N-ethyl adjacent to an activating group) is 1. The Hall–Kier alpha value is -4.97. The zero-order valence-corrected chi connectivity index (χ0v) is 44.8. The number of hydrogen-bond acceptors (Lipinski definition) is 17. The van der Waals surface area contributed by atoms with E-state index in [4.69, 9.17) is 40.0 Å². The van der Waals surface area contributed by atoms with Crippen LogP contribution in [0, 0.1) is 5.92 Å². The summed E-state index contributed by atoms with van der Waals surface area (Å²) < 4.78 is 36.8. The highest BCUT2D eigenvalue weighted by atomic mass is 35.5. The maximum Gasteiger partial charge on any atom is 0.409 e. The zero-order valence-electron chi connectivity index (χ0n) is 42.4. The molecule has 0 unspecified atom stereocenters.